The zero-order valence-corrected chi connectivity index (χ0v) is 11.2. The normalized spacial score (nSPS) is 20.2. The molecule has 1 aliphatic rings. The van der Waals surface area contributed by atoms with Crippen LogP contribution in [0, 0.1) is 11.8 Å². The lowest BCUT2D eigenvalue weighted by Crippen LogP contribution is -2.38. The SMILES string of the molecule is CC(CO)C(C)NC(=O)CCCC1CCCC1. The van der Waals surface area contributed by atoms with Crippen molar-refractivity contribution in [3.63, 3.8) is 0 Å². The molecule has 1 rings (SSSR count). The molecule has 3 nitrogen and oxygen atoms in total. The van der Waals surface area contributed by atoms with Gasteiger partial charge in [-0.3, -0.25) is 4.79 Å². The van der Waals surface area contributed by atoms with Gasteiger partial charge < -0.3 is 10.4 Å². The first kappa shape index (κ1) is 14.5. The highest BCUT2D eigenvalue weighted by Crippen LogP contribution is 2.28. The lowest BCUT2D eigenvalue weighted by atomic mass is 10.00. The Morgan fingerprint density at radius 2 is 2.00 bits per heavy atom. The van der Waals surface area contributed by atoms with E-state index in [1.807, 2.05) is 13.8 Å². The molecule has 0 aromatic carbocycles. The van der Waals surface area contributed by atoms with Crippen LogP contribution in [0.4, 0.5) is 0 Å². The van der Waals surface area contributed by atoms with E-state index >= 15 is 0 Å². The van der Waals surface area contributed by atoms with E-state index in [1.54, 1.807) is 0 Å². The van der Waals surface area contributed by atoms with Crippen LogP contribution in [0.15, 0.2) is 0 Å². The third-order valence-corrected chi connectivity index (χ3v) is 4.02. The third-order valence-electron chi connectivity index (χ3n) is 4.02. The van der Waals surface area contributed by atoms with Gasteiger partial charge in [-0.15, -0.1) is 0 Å². The molecule has 0 aliphatic heterocycles. The molecule has 2 atom stereocenters. The molecule has 100 valence electrons. The predicted molar refractivity (Wildman–Crippen MR) is 69.7 cm³/mol. The smallest absolute Gasteiger partial charge is 0.220 e. The number of hydrogen-bond acceptors (Lipinski definition) is 2. The van der Waals surface area contributed by atoms with E-state index in [4.69, 9.17) is 5.11 Å². The maximum absolute atomic E-state index is 11.7. The summed E-state index contributed by atoms with van der Waals surface area (Å²) in [4.78, 5) is 11.7. The van der Waals surface area contributed by atoms with E-state index in [1.165, 1.54) is 32.1 Å². The molecule has 0 aromatic heterocycles. The Bertz CT molecular complexity index is 224. The Labute approximate surface area is 105 Å². The van der Waals surface area contributed by atoms with Gasteiger partial charge in [0.1, 0.15) is 0 Å². The fraction of sp³-hybridized carbons (Fsp3) is 0.929. The van der Waals surface area contributed by atoms with Crippen molar-refractivity contribution >= 4 is 5.91 Å². The van der Waals surface area contributed by atoms with Gasteiger partial charge in [-0.25, -0.2) is 0 Å². The van der Waals surface area contributed by atoms with Crippen LogP contribution in [0.2, 0.25) is 0 Å². The van der Waals surface area contributed by atoms with Crippen LogP contribution in [-0.4, -0.2) is 23.7 Å². The molecule has 3 heteroatoms. The third kappa shape index (κ3) is 5.53. The maximum atomic E-state index is 11.7. The average Bonchev–Trinajstić information content (AvgIpc) is 2.80. The summed E-state index contributed by atoms with van der Waals surface area (Å²) in [6, 6.07) is 0.0685. The number of aliphatic hydroxyl groups excluding tert-OH is 1. The van der Waals surface area contributed by atoms with E-state index in [0.29, 0.717) is 6.42 Å². The van der Waals surface area contributed by atoms with E-state index in [-0.39, 0.29) is 24.5 Å². The van der Waals surface area contributed by atoms with Crippen molar-refractivity contribution in [2.45, 2.75) is 64.8 Å². The van der Waals surface area contributed by atoms with Crippen LogP contribution >= 0.6 is 0 Å². The summed E-state index contributed by atoms with van der Waals surface area (Å²) in [7, 11) is 0. The van der Waals surface area contributed by atoms with Crippen molar-refractivity contribution in [3.05, 3.63) is 0 Å². The molecule has 0 saturated heterocycles. The highest BCUT2D eigenvalue weighted by atomic mass is 16.3. The Balaban J connectivity index is 2.07. The first-order valence-electron chi connectivity index (χ1n) is 7.03. The quantitative estimate of drug-likeness (QED) is 0.719. The standard InChI is InChI=1S/C14H27NO2/c1-11(10-16)12(2)15-14(17)9-5-8-13-6-3-4-7-13/h11-13,16H,3-10H2,1-2H3,(H,15,17). The fourth-order valence-corrected chi connectivity index (χ4v) is 2.48. The Morgan fingerprint density at radius 3 is 2.59 bits per heavy atom. The van der Waals surface area contributed by atoms with E-state index in [0.717, 1.165) is 12.3 Å². The second kappa shape index (κ2) is 7.70. The van der Waals surface area contributed by atoms with Gasteiger partial charge in [-0.1, -0.05) is 32.6 Å². The minimum atomic E-state index is 0.0685. The predicted octanol–water partition coefficient (Wildman–Crippen LogP) is 2.48. The summed E-state index contributed by atoms with van der Waals surface area (Å²) in [5.74, 6) is 1.14. The molecule has 2 N–H and O–H groups in total. The molecule has 1 fully saturated rings. The summed E-state index contributed by atoms with van der Waals surface area (Å²) in [6.07, 6.45) is 8.33. The number of carbonyl (C=O) groups is 1. The molecule has 0 spiro atoms. The van der Waals surface area contributed by atoms with Crippen LogP contribution in [-0.2, 0) is 4.79 Å². The summed E-state index contributed by atoms with van der Waals surface area (Å²) in [6.45, 7) is 4.03. The Morgan fingerprint density at radius 1 is 1.35 bits per heavy atom. The summed E-state index contributed by atoms with van der Waals surface area (Å²) >= 11 is 0. The Kier molecular flexibility index (Phi) is 6.56. The molecule has 17 heavy (non-hydrogen) atoms. The van der Waals surface area contributed by atoms with Crippen molar-refractivity contribution in [1.82, 2.24) is 5.32 Å². The van der Waals surface area contributed by atoms with Crippen molar-refractivity contribution < 1.29 is 9.90 Å². The molecule has 1 aliphatic carbocycles. The zero-order valence-electron chi connectivity index (χ0n) is 11.2. The topological polar surface area (TPSA) is 49.3 Å². The van der Waals surface area contributed by atoms with E-state index < -0.39 is 0 Å². The minimum absolute atomic E-state index is 0.0685. The summed E-state index contributed by atoms with van der Waals surface area (Å²) < 4.78 is 0. The lowest BCUT2D eigenvalue weighted by Gasteiger charge is -2.19. The van der Waals surface area contributed by atoms with Gasteiger partial charge in [0.2, 0.25) is 5.91 Å². The van der Waals surface area contributed by atoms with Gasteiger partial charge >= 0.3 is 0 Å². The van der Waals surface area contributed by atoms with Gasteiger partial charge in [0.15, 0.2) is 0 Å². The van der Waals surface area contributed by atoms with Crippen LogP contribution in [0.5, 0.6) is 0 Å². The van der Waals surface area contributed by atoms with Crippen molar-refractivity contribution in [2.24, 2.45) is 11.8 Å². The number of rotatable bonds is 7. The van der Waals surface area contributed by atoms with E-state index in [2.05, 4.69) is 5.32 Å². The van der Waals surface area contributed by atoms with Crippen molar-refractivity contribution in [3.8, 4) is 0 Å². The maximum Gasteiger partial charge on any atom is 0.220 e. The molecular formula is C14H27NO2. The first-order valence-corrected chi connectivity index (χ1v) is 7.03. The van der Waals surface area contributed by atoms with Crippen molar-refractivity contribution in [1.29, 1.82) is 0 Å². The molecule has 0 bridgehead atoms. The number of amides is 1. The zero-order chi connectivity index (χ0) is 12.7. The monoisotopic (exact) mass is 241 g/mol. The molecule has 1 amide bonds. The van der Waals surface area contributed by atoms with Gasteiger partial charge in [-0.05, 0) is 31.6 Å². The minimum Gasteiger partial charge on any atom is -0.396 e. The number of nitrogens with one attached hydrogen (secondary N) is 1. The number of aliphatic hydroxyl groups is 1. The van der Waals surface area contributed by atoms with Crippen LogP contribution in [0.3, 0.4) is 0 Å². The lowest BCUT2D eigenvalue weighted by molar-refractivity contribution is -0.122. The molecule has 1 saturated carbocycles. The molecule has 0 heterocycles. The highest BCUT2D eigenvalue weighted by molar-refractivity contribution is 5.76. The van der Waals surface area contributed by atoms with Gasteiger partial charge in [0.05, 0.1) is 0 Å². The van der Waals surface area contributed by atoms with Gasteiger partial charge in [-0.2, -0.15) is 0 Å². The van der Waals surface area contributed by atoms with Crippen LogP contribution in [0.1, 0.15) is 58.8 Å². The fourth-order valence-electron chi connectivity index (χ4n) is 2.48. The van der Waals surface area contributed by atoms with Gasteiger partial charge in [0.25, 0.3) is 0 Å². The highest BCUT2D eigenvalue weighted by Gasteiger charge is 2.16. The number of carbonyl (C=O) groups excluding carboxylic acids is 1. The first-order chi connectivity index (χ1) is 8.13. The van der Waals surface area contributed by atoms with Crippen LogP contribution < -0.4 is 5.32 Å². The largest absolute Gasteiger partial charge is 0.396 e. The molecule has 0 radical (unpaired) electrons. The van der Waals surface area contributed by atoms with Crippen LogP contribution in [0.25, 0.3) is 0 Å². The second-order valence-corrected chi connectivity index (χ2v) is 5.56. The second-order valence-electron chi connectivity index (χ2n) is 5.56. The van der Waals surface area contributed by atoms with Crippen molar-refractivity contribution in [2.75, 3.05) is 6.61 Å². The van der Waals surface area contributed by atoms with E-state index in [9.17, 15) is 4.79 Å². The molecular weight excluding hydrogens is 214 g/mol. The number of hydrogen-bond donors (Lipinski definition) is 2. The molecule has 2 unspecified atom stereocenters. The average molecular weight is 241 g/mol. The summed E-state index contributed by atoms with van der Waals surface area (Å²) in [5, 5.41) is 11.9. The summed E-state index contributed by atoms with van der Waals surface area (Å²) in [5.41, 5.74) is 0. The Hall–Kier alpha value is -0.570. The molecule has 0 aromatic rings. The van der Waals surface area contributed by atoms with Gasteiger partial charge in [0, 0.05) is 19.1 Å².